The van der Waals surface area contributed by atoms with Crippen molar-refractivity contribution in [1.82, 2.24) is 15.1 Å². The highest BCUT2D eigenvalue weighted by molar-refractivity contribution is 8.01. The average molecular weight is 382 g/mol. The molecule has 0 saturated carbocycles. The molecule has 2 heterocycles. The Hall–Kier alpha value is -1.71. The smallest absolute Gasteiger partial charge is 0.233 e. The van der Waals surface area contributed by atoms with Crippen molar-refractivity contribution >= 4 is 39.8 Å². The molecule has 1 aromatic carbocycles. The molecule has 1 aliphatic heterocycles. The highest BCUT2D eigenvalue weighted by Gasteiger charge is 2.25. The molecule has 3 rings (SSSR count). The molecule has 1 fully saturated rings. The summed E-state index contributed by atoms with van der Waals surface area (Å²) in [7, 11) is 0. The fourth-order valence-electron chi connectivity index (χ4n) is 2.60. The number of thioether (sulfide) groups is 1. The van der Waals surface area contributed by atoms with Crippen LogP contribution in [0.4, 0.5) is 15.2 Å². The van der Waals surface area contributed by atoms with Gasteiger partial charge >= 0.3 is 0 Å². The number of nitrogens with zero attached hydrogens (tertiary/aromatic N) is 3. The summed E-state index contributed by atoms with van der Waals surface area (Å²) in [5.41, 5.74) is 0.611. The van der Waals surface area contributed by atoms with Crippen molar-refractivity contribution in [3.05, 3.63) is 30.1 Å². The maximum atomic E-state index is 13.2. The second-order valence-electron chi connectivity index (χ2n) is 5.85. The van der Waals surface area contributed by atoms with E-state index in [-0.39, 0.29) is 23.9 Å². The van der Waals surface area contributed by atoms with Crippen LogP contribution in [0.15, 0.2) is 28.6 Å². The van der Waals surface area contributed by atoms with Crippen molar-refractivity contribution in [2.75, 3.05) is 24.2 Å². The molecule has 1 N–H and O–H groups in total. The number of nitrogens with one attached hydrogen (secondary N) is 1. The predicted octanol–water partition coefficient (Wildman–Crippen LogP) is 3.15. The van der Waals surface area contributed by atoms with E-state index in [1.54, 1.807) is 12.1 Å². The zero-order valence-electron chi connectivity index (χ0n) is 13.9. The number of benzene rings is 1. The monoisotopic (exact) mass is 382 g/mol. The summed E-state index contributed by atoms with van der Waals surface area (Å²) in [6.07, 6.45) is 0.114. The van der Waals surface area contributed by atoms with E-state index in [2.05, 4.69) is 15.5 Å². The fraction of sp³-hybridized carbons (Fsp3) is 0.438. The van der Waals surface area contributed by atoms with Crippen LogP contribution in [-0.2, 0) is 9.53 Å². The molecule has 2 aromatic rings. The SMILES string of the molecule is C[C@@H]1CN(C(=O)CSc2nnc(Nc3cccc(F)c3)s2)C[C@@H](C)O1. The number of ether oxygens (including phenoxy) is 1. The lowest BCUT2D eigenvalue weighted by Crippen LogP contribution is -2.48. The minimum Gasteiger partial charge on any atom is -0.372 e. The van der Waals surface area contributed by atoms with Crippen LogP contribution in [0.25, 0.3) is 0 Å². The van der Waals surface area contributed by atoms with Crippen molar-refractivity contribution in [3.8, 4) is 0 Å². The van der Waals surface area contributed by atoms with Crippen molar-refractivity contribution < 1.29 is 13.9 Å². The van der Waals surface area contributed by atoms with Gasteiger partial charge in [0.1, 0.15) is 5.82 Å². The summed E-state index contributed by atoms with van der Waals surface area (Å²) in [5, 5.41) is 11.7. The number of rotatable bonds is 5. The second kappa shape index (κ2) is 8.11. The van der Waals surface area contributed by atoms with Gasteiger partial charge in [-0.15, -0.1) is 10.2 Å². The molecule has 2 atom stereocenters. The topological polar surface area (TPSA) is 67.4 Å². The third-order valence-electron chi connectivity index (χ3n) is 3.57. The van der Waals surface area contributed by atoms with Gasteiger partial charge in [-0.3, -0.25) is 4.79 Å². The van der Waals surface area contributed by atoms with Gasteiger partial charge in [-0.05, 0) is 32.0 Å². The Labute approximate surface area is 153 Å². The van der Waals surface area contributed by atoms with Gasteiger partial charge in [0.05, 0.1) is 18.0 Å². The largest absolute Gasteiger partial charge is 0.372 e. The van der Waals surface area contributed by atoms with Crippen LogP contribution in [0, 0.1) is 5.82 Å². The molecule has 0 unspecified atom stereocenters. The second-order valence-corrected chi connectivity index (χ2v) is 8.05. The first-order valence-corrected chi connectivity index (χ1v) is 9.72. The summed E-state index contributed by atoms with van der Waals surface area (Å²) in [5.74, 6) is 0.0686. The van der Waals surface area contributed by atoms with Crippen LogP contribution in [0.3, 0.4) is 0 Å². The first-order chi connectivity index (χ1) is 12.0. The number of halogens is 1. The van der Waals surface area contributed by atoms with Crippen molar-refractivity contribution in [2.24, 2.45) is 0 Å². The molecule has 0 bridgehead atoms. The fourth-order valence-corrected chi connectivity index (χ4v) is 4.28. The van der Waals surface area contributed by atoms with Crippen molar-refractivity contribution in [2.45, 2.75) is 30.4 Å². The standard InChI is InChI=1S/C16H19FN4O2S2/c1-10-7-21(8-11(2)23-10)14(22)9-24-16-20-19-15(25-16)18-13-5-3-4-12(17)6-13/h3-6,10-11H,7-9H2,1-2H3,(H,18,19)/t10-,11-/m1/s1. The van der Waals surface area contributed by atoms with Gasteiger partial charge < -0.3 is 15.0 Å². The molecular weight excluding hydrogens is 363 g/mol. The molecular formula is C16H19FN4O2S2. The van der Waals surface area contributed by atoms with Crippen molar-refractivity contribution in [3.63, 3.8) is 0 Å². The van der Waals surface area contributed by atoms with E-state index < -0.39 is 0 Å². The Kier molecular flexibility index (Phi) is 5.87. The van der Waals surface area contributed by atoms with Crippen LogP contribution in [-0.4, -0.2) is 52.1 Å². The number of hydrogen-bond donors (Lipinski definition) is 1. The minimum atomic E-state index is -0.316. The van der Waals surface area contributed by atoms with Gasteiger partial charge in [0, 0.05) is 18.8 Å². The summed E-state index contributed by atoms with van der Waals surface area (Å²) < 4.78 is 19.5. The van der Waals surface area contributed by atoms with Crippen LogP contribution in [0.5, 0.6) is 0 Å². The highest BCUT2D eigenvalue weighted by atomic mass is 32.2. The Bertz CT molecular complexity index is 732. The zero-order valence-corrected chi connectivity index (χ0v) is 15.6. The van der Waals surface area contributed by atoms with Gasteiger partial charge in [-0.2, -0.15) is 0 Å². The Morgan fingerprint density at radius 2 is 2.16 bits per heavy atom. The Balaban J connectivity index is 1.52. The molecule has 25 heavy (non-hydrogen) atoms. The quantitative estimate of drug-likeness (QED) is 0.802. The van der Waals surface area contributed by atoms with Gasteiger partial charge in [0.25, 0.3) is 0 Å². The van der Waals surface area contributed by atoms with Crippen molar-refractivity contribution in [1.29, 1.82) is 0 Å². The lowest BCUT2D eigenvalue weighted by molar-refractivity contribution is -0.140. The van der Waals surface area contributed by atoms with Gasteiger partial charge in [-0.25, -0.2) is 4.39 Å². The normalized spacial score (nSPS) is 20.5. The Morgan fingerprint density at radius 1 is 1.40 bits per heavy atom. The number of morpholine rings is 1. The third-order valence-corrected chi connectivity index (χ3v) is 5.53. The van der Waals surface area contributed by atoms with Crippen LogP contribution < -0.4 is 5.32 Å². The summed E-state index contributed by atoms with van der Waals surface area (Å²) in [4.78, 5) is 14.2. The molecule has 0 radical (unpaired) electrons. The van der Waals surface area contributed by atoms with E-state index in [0.29, 0.717) is 34.0 Å². The van der Waals surface area contributed by atoms with Gasteiger partial charge in [0.2, 0.25) is 11.0 Å². The van der Waals surface area contributed by atoms with E-state index in [4.69, 9.17) is 4.74 Å². The van der Waals surface area contributed by atoms with Crippen LogP contribution in [0.2, 0.25) is 0 Å². The lowest BCUT2D eigenvalue weighted by Gasteiger charge is -2.35. The number of carbonyl (C=O) groups excluding carboxylic acids is 1. The third kappa shape index (κ3) is 5.13. The van der Waals surface area contributed by atoms with Gasteiger partial charge in [0.15, 0.2) is 4.34 Å². The minimum absolute atomic E-state index is 0.0568. The average Bonchev–Trinajstić information content (AvgIpc) is 2.99. The maximum absolute atomic E-state index is 13.2. The summed E-state index contributed by atoms with van der Waals surface area (Å²) in [6, 6.07) is 6.14. The number of carbonyl (C=O) groups is 1. The number of aromatic nitrogens is 2. The van der Waals surface area contributed by atoms with E-state index in [0.717, 1.165) is 0 Å². The molecule has 1 aromatic heterocycles. The van der Waals surface area contributed by atoms with E-state index >= 15 is 0 Å². The van der Waals surface area contributed by atoms with Crippen LogP contribution >= 0.6 is 23.1 Å². The van der Waals surface area contributed by atoms with E-state index in [1.807, 2.05) is 18.7 Å². The van der Waals surface area contributed by atoms with Crippen LogP contribution in [0.1, 0.15) is 13.8 Å². The van der Waals surface area contributed by atoms with Gasteiger partial charge in [-0.1, -0.05) is 29.2 Å². The Morgan fingerprint density at radius 3 is 2.88 bits per heavy atom. The lowest BCUT2D eigenvalue weighted by atomic mass is 10.2. The number of hydrogen-bond acceptors (Lipinski definition) is 7. The predicted molar refractivity (Wildman–Crippen MR) is 96.9 cm³/mol. The molecule has 6 nitrogen and oxygen atoms in total. The molecule has 9 heteroatoms. The molecule has 1 aliphatic rings. The molecule has 0 spiro atoms. The zero-order chi connectivity index (χ0) is 17.8. The highest BCUT2D eigenvalue weighted by Crippen LogP contribution is 2.28. The number of amides is 1. The first kappa shape index (κ1) is 18.1. The molecule has 0 aliphatic carbocycles. The molecule has 1 amide bonds. The summed E-state index contributed by atoms with van der Waals surface area (Å²) in [6.45, 7) is 5.18. The molecule has 1 saturated heterocycles. The van der Waals surface area contributed by atoms with E-state index in [9.17, 15) is 9.18 Å². The first-order valence-electron chi connectivity index (χ1n) is 7.91. The molecule has 134 valence electrons. The van der Waals surface area contributed by atoms with E-state index in [1.165, 1.54) is 35.2 Å². The number of anilines is 2. The summed E-state index contributed by atoms with van der Waals surface area (Å²) >= 11 is 2.69. The maximum Gasteiger partial charge on any atom is 0.233 e.